The first-order valence-corrected chi connectivity index (χ1v) is 16.5. The van der Waals surface area contributed by atoms with Crippen molar-refractivity contribution in [1.82, 2.24) is 19.9 Å². The fraction of sp³-hybridized carbons (Fsp3) is 0. The molecule has 0 aliphatic rings. The van der Waals surface area contributed by atoms with Crippen LogP contribution in [0.2, 0.25) is 0 Å². The summed E-state index contributed by atoms with van der Waals surface area (Å²) >= 11 is 0. The number of furan rings is 1. The number of para-hydroxylation sites is 1. The summed E-state index contributed by atoms with van der Waals surface area (Å²) in [4.78, 5) is 19.6. The average molecular weight is 643 g/mol. The molecule has 10 rings (SSSR count). The van der Waals surface area contributed by atoms with E-state index in [1.165, 1.54) is 0 Å². The fourth-order valence-electron chi connectivity index (χ4n) is 6.79. The van der Waals surface area contributed by atoms with E-state index in [0.717, 1.165) is 77.2 Å². The molecule has 0 aliphatic carbocycles. The predicted octanol–water partition coefficient (Wildman–Crippen LogP) is 11.4. The second kappa shape index (κ2) is 11.4. The molecule has 6 nitrogen and oxygen atoms in total. The first-order valence-electron chi connectivity index (χ1n) is 16.5. The van der Waals surface area contributed by atoms with E-state index in [1.54, 1.807) is 0 Å². The molecule has 0 saturated carbocycles. The third-order valence-corrected chi connectivity index (χ3v) is 9.20. The van der Waals surface area contributed by atoms with Crippen molar-refractivity contribution in [2.24, 2.45) is 0 Å². The highest BCUT2D eigenvalue weighted by molar-refractivity contribution is 6.16. The Balaban J connectivity index is 1.05. The zero-order chi connectivity index (χ0) is 33.0. The third kappa shape index (κ3) is 4.65. The van der Waals surface area contributed by atoms with Gasteiger partial charge in [-0.3, -0.25) is 0 Å². The van der Waals surface area contributed by atoms with Crippen LogP contribution in [0, 0.1) is 0 Å². The van der Waals surface area contributed by atoms with Gasteiger partial charge in [-0.25, -0.2) is 19.9 Å². The molecule has 234 valence electrons. The number of nitrogens with zero attached hydrogens (tertiary/aromatic N) is 4. The van der Waals surface area contributed by atoms with Crippen LogP contribution >= 0.6 is 0 Å². The van der Waals surface area contributed by atoms with Gasteiger partial charge in [-0.05, 0) is 46.2 Å². The van der Waals surface area contributed by atoms with Crippen LogP contribution in [0.15, 0.2) is 167 Å². The van der Waals surface area contributed by atoms with Crippen LogP contribution in [0.25, 0.3) is 101 Å². The van der Waals surface area contributed by atoms with Crippen LogP contribution in [0.5, 0.6) is 0 Å². The molecule has 0 N–H and O–H groups in total. The molecule has 0 spiro atoms. The summed E-state index contributed by atoms with van der Waals surface area (Å²) in [5, 5.41) is 4.13. The van der Waals surface area contributed by atoms with E-state index < -0.39 is 0 Å². The Hall–Kier alpha value is -6.92. The Kier molecular flexibility index (Phi) is 6.39. The van der Waals surface area contributed by atoms with Crippen LogP contribution in [-0.4, -0.2) is 19.9 Å². The quantitative estimate of drug-likeness (QED) is 0.186. The molecular formula is C44H26N4O2. The van der Waals surface area contributed by atoms with Gasteiger partial charge < -0.3 is 8.83 Å². The van der Waals surface area contributed by atoms with E-state index in [2.05, 4.69) is 66.7 Å². The fourth-order valence-corrected chi connectivity index (χ4v) is 6.79. The molecule has 0 aliphatic heterocycles. The van der Waals surface area contributed by atoms with Crippen molar-refractivity contribution < 1.29 is 8.83 Å². The maximum absolute atomic E-state index is 6.55. The van der Waals surface area contributed by atoms with Gasteiger partial charge in [0, 0.05) is 27.6 Å². The minimum atomic E-state index is 0.578. The molecular weight excluding hydrogens is 617 g/mol. The number of oxazole rings is 1. The van der Waals surface area contributed by atoms with Gasteiger partial charge in [0.15, 0.2) is 23.1 Å². The molecule has 3 aromatic heterocycles. The number of rotatable bonds is 5. The summed E-state index contributed by atoms with van der Waals surface area (Å²) in [5.41, 5.74) is 9.08. The van der Waals surface area contributed by atoms with Gasteiger partial charge in [-0.1, -0.05) is 133 Å². The van der Waals surface area contributed by atoms with Gasteiger partial charge in [-0.15, -0.1) is 0 Å². The monoisotopic (exact) mass is 642 g/mol. The first kappa shape index (κ1) is 28.1. The number of aromatic nitrogens is 4. The second-order valence-electron chi connectivity index (χ2n) is 12.2. The highest BCUT2D eigenvalue weighted by Gasteiger charge is 2.19. The first-order chi connectivity index (χ1) is 24.8. The van der Waals surface area contributed by atoms with E-state index in [4.69, 9.17) is 28.8 Å². The molecule has 3 heterocycles. The summed E-state index contributed by atoms with van der Waals surface area (Å²) in [5.74, 6) is 2.48. The minimum Gasteiger partial charge on any atom is -0.456 e. The lowest BCUT2D eigenvalue weighted by Gasteiger charge is -2.11. The lowest BCUT2D eigenvalue weighted by atomic mass is 9.95. The average Bonchev–Trinajstić information content (AvgIpc) is 3.80. The largest absolute Gasteiger partial charge is 0.456 e. The van der Waals surface area contributed by atoms with Crippen LogP contribution < -0.4 is 0 Å². The smallest absolute Gasteiger partial charge is 0.227 e. The molecule has 0 fully saturated rings. The van der Waals surface area contributed by atoms with Crippen molar-refractivity contribution in [3.8, 4) is 56.7 Å². The minimum absolute atomic E-state index is 0.578. The van der Waals surface area contributed by atoms with Gasteiger partial charge in [0.1, 0.15) is 16.7 Å². The number of benzene rings is 7. The number of hydrogen-bond donors (Lipinski definition) is 0. The topological polar surface area (TPSA) is 77.8 Å². The highest BCUT2D eigenvalue weighted by Crippen LogP contribution is 2.39. The molecule has 0 amide bonds. The normalized spacial score (nSPS) is 11.6. The van der Waals surface area contributed by atoms with Crippen LogP contribution in [-0.2, 0) is 0 Å². The van der Waals surface area contributed by atoms with Gasteiger partial charge in [0.25, 0.3) is 0 Å². The maximum Gasteiger partial charge on any atom is 0.227 e. The number of hydrogen-bond acceptors (Lipinski definition) is 6. The summed E-state index contributed by atoms with van der Waals surface area (Å²) in [6.45, 7) is 0. The lowest BCUT2D eigenvalue weighted by molar-refractivity contribution is 0.623. The maximum atomic E-state index is 6.55. The summed E-state index contributed by atoms with van der Waals surface area (Å²) < 4.78 is 12.6. The van der Waals surface area contributed by atoms with Crippen LogP contribution in [0.1, 0.15) is 0 Å². The molecule has 0 atom stereocenters. The molecule has 50 heavy (non-hydrogen) atoms. The summed E-state index contributed by atoms with van der Waals surface area (Å²) in [7, 11) is 0. The standard InChI is InChI=1S/C44H26N4O2/c1-3-11-28(12-4-1)41-46-42(29-13-5-2-6-14-29)48-43(47-41)30-23-21-27(22-24-30)31-16-9-18-33-32(31)17-10-19-34(33)44-45-36-25-26-38-39(40(36)50-44)35-15-7-8-20-37(35)49-38/h1-26H. The van der Waals surface area contributed by atoms with Gasteiger partial charge in [0.2, 0.25) is 5.89 Å². The molecule has 0 saturated heterocycles. The Morgan fingerprint density at radius 1 is 0.340 bits per heavy atom. The van der Waals surface area contributed by atoms with Crippen LogP contribution in [0.3, 0.4) is 0 Å². The third-order valence-electron chi connectivity index (χ3n) is 9.20. The molecule has 0 bridgehead atoms. The Morgan fingerprint density at radius 2 is 0.880 bits per heavy atom. The molecule has 0 unspecified atom stereocenters. The molecule has 10 aromatic rings. The van der Waals surface area contributed by atoms with Gasteiger partial charge in [-0.2, -0.15) is 0 Å². The molecule has 0 radical (unpaired) electrons. The Morgan fingerprint density at radius 3 is 1.56 bits per heavy atom. The SMILES string of the molecule is c1ccc(-c2nc(-c3ccccc3)nc(-c3ccc(-c4cccc5c(-c6nc7ccc8oc9ccccc9c8c7o6)cccc45)cc3)n2)cc1. The van der Waals surface area contributed by atoms with Crippen molar-refractivity contribution in [2.75, 3.05) is 0 Å². The van der Waals surface area contributed by atoms with Crippen molar-refractivity contribution in [3.63, 3.8) is 0 Å². The predicted molar refractivity (Wildman–Crippen MR) is 199 cm³/mol. The summed E-state index contributed by atoms with van der Waals surface area (Å²) in [6, 6.07) is 53.1. The lowest BCUT2D eigenvalue weighted by Crippen LogP contribution is -2.00. The molecule has 7 aromatic carbocycles. The summed E-state index contributed by atoms with van der Waals surface area (Å²) in [6.07, 6.45) is 0. The van der Waals surface area contributed by atoms with Crippen LogP contribution in [0.4, 0.5) is 0 Å². The van der Waals surface area contributed by atoms with Crippen molar-refractivity contribution in [3.05, 3.63) is 158 Å². The number of fused-ring (bicyclic) bond motifs is 6. The van der Waals surface area contributed by atoms with E-state index >= 15 is 0 Å². The molecule has 6 heteroatoms. The van der Waals surface area contributed by atoms with E-state index in [1.807, 2.05) is 91.0 Å². The highest BCUT2D eigenvalue weighted by atomic mass is 16.4. The zero-order valence-electron chi connectivity index (χ0n) is 26.6. The Bertz CT molecular complexity index is 2800. The van der Waals surface area contributed by atoms with E-state index in [9.17, 15) is 0 Å². The van der Waals surface area contributed by atoms with Crippen molar-refractivity contribution in [2.45, 2.75) is 0 Å². The Labute approximate surface area is 286 Å². The van der Waals surface area contributed by atoms with E-state index in [0.29, 0.717) is 23.4 Å². The zero-order valence-corrected chi connectivity index (χ0v) is 26.6. The van der Waals surface area contributed by atoms with Crippen molar-refractivity contribution >= 4 is 43.8 Å². The van der Waals surface area contributed by atoms with E-state index in [-0.39, 0.29) is 0 Å². The van der Waals surface area contributed by atoms with Gasteiger partial charge in [0.05, 0.1) is 5.39 Å². The van der Waals surface area contributed by atoms with Gasteiger partial charge >= 0.3 is 0 Å². The van der Waals surface area contributed by atoms with Crippen molar-refractivity contribution in [1.29, 1.82) is 0 Å². The second-order valence-corrected chi connectivity index (χ2v) is 12.2.